The third-order valence-electron chi connectivity index (χ3n) is 5.75. The Morgan fingerprint density at radius 1 is 1.23 bits per heavy atom. The number of esters is 1. The quantitative estimate of drug-likeness (QED) is 0.186. The first-order valence-corrected chi connectivity index (χ1v) is 11.3. The van der Waals surface area contributed by atoms with Gasteiger partial charge in [-0.25, -0.2) is 4.79 Å². The number of aliphatic hydroxyl groups excluding tert-OH is 1. The van der Waals surface area contributed by atoms with Crippen LogP contribution >= 0.6 is 0 Å². The van der Waals surface area contributed by atoms with Gasteiger partial charge >= 0.3 is 5.97 Å². The first-order valence-electron chi connectivity index (χ1n) is 11.3. The summed E-state index contributed by atoms with van der Waals surface area (Å²) in [5, 5.41) is 20.8. The number of ether oxygens (including phenoxy) is 1. The molecule has 31 heavy (non-hydrogen) atoms. The Labute approximate surface area is 186 Å². The summed E-state index contributed by atoms with van der Waals surface area (Å²) in [6.45, 7) is 9.57. The van der Waals surface area contributed by atoms with E-state index >= 15 is 0 Å². The minimum Gasteiger partial charge on any atom is -0.460 e. The molecule has 1 aliphatic carbocycles. The fourth-order valence-electron chi connectivity index (χ4n) is 3.75. The molecular weight excluding hydrogens is 396 g/mol. The summed E-state index contributed by atoms with van der Waals surface area (Å²) >= 11 is 0. The van der Waals surface area contributed by atoms with Crippen LogP contribution in [0, 0.1) is 11.8 Å². The molecule has 1 unspecified atom stereocenters. The SMILES string of the molecule is C=C(CCC)C(C)(O)CC=C[C@H]1[C@H](O)CC(=O)[C@@H]1CC=CCCCC(=O)C(=O)OCC. The maximum atomic E-state index is 12.3. The average Bonchev–Trinajstić information content (AvgIpc) is 2.97. The lowest BCUT2D eigenvalue weighted by molar-refractivity contribution is -0.153. The van der Waals surface area contributed by atoms with Crippen molar-refractivity contribution in [1.82, 2.24) is 0 Å². The largest absolute Gasteiger partial charge is 0.460 e. The van der Waals surface area contributed by atoms with Gasteiger partial charge in [-0.3, -0.25) is 9.59 Å². The fourth-order valence-corrected chi connectivity index (χ4v) is 3.75. The highest BCUT2D eigenvalue weighted by molar-refractivity contribution is 6.33. The Kier molecular flexibility index (Phi) is 11.6. The van der Waals surface area contributed by atoms with Gasteiger partial charge in [-0.05, 0) is 51.5 Å². The summed E-state index contributed by atoms with van der Waals surface area (Å²) in [6.07, 6.45) is 10.8. The molecule has 0 aromatic heterocycles. The molecule has 1 fully saturated rings. The molecule has 0 radical (unpaired) electrons. The van der Waals surface area contributed by atoms with Gasteiger partial charge in [0.25, 0.3) is 0 Å². The lowest BCUT2D eigenvalue weighted by Crippen LogP contribution is -2.26. The number of rotatable bonds is 14. The molecule has 1 saturated carbocycles. The summed E-state index contributed by atoms with van der Waals surface area (Å²) in [6, 6.07) is 0. The van der Waals surface area contributed by atoms with Crippen molar-refractivity contribution >= 4 is 17.5 Å². The standard InChI is InChI=1S/C25H38O6/c1-5-12-18(3)25(4,30)16-11-14-20-19(22(27)17-23(20)28)13-9-7-8-10-15-21(26)24(29)31-6-2/h7,9,11,14,19-20,23,28,30H,3,5-6,8,10,12-13,15-17H2,1-2,4H3/t19-,20-,23-,25?/m1/s1. The third-order valence-corrected chi connectivity index (χ3v) is 5.75. The average molecular weight is 435 g/mol. The first kappa shape index (κ1) is 27.0. The number of hydrogen-bond acceptors (Lipinski definition) is 6. The van der Waals surface area contributed by atoms with Crippen LogP contribution in [-0.4, -0.2) is 46.1 Å². The number of Topliss-reactive ketones (excluding diaryl/α,β-unsaturated/α-hetero) is 2. The highest BCUT2D eigenvalue weighted by atomic mass is 16.5. The van der Waals surface area contributed by atoms with Crippen LogP contribution in [0.25, 0.3) is 0 Å². The fraction of sp³-hybridized carbons (Fsp3) is 0.640. The van der Waals surface area contributed by atoms with Gasteiger partial charge in [0.2, 0.25) is 5.78 Å². The Morgan fingerprint density at radius 3 is 2.58 bits per heavy atom. The smallest absolute Gasteiger partial charge is 0.374 e. The molecule has 6 nitrogen and oxygen atoms in total. The van der Waals surface area contributed by atoms with Crippen LogP contribution in [0.1, 0.15) is 72.1 Å². The second-order valence-corrected chi connectivity index (χ2v) is 8.42. The van der Waals surface area contributed by atoms with E-state index in [2.05, 4.69) is 11.3 Å². The van der Waals surface area contributed by atoms with E-state index in [4.69, 9.17) is 0 Å². The highest BCUT2D eigenvalue weighted by Gasteiger charge is 2.39. The van der Waals surface area contributed by atoms with Gasteiger partial charge in [0.1, 0.15) is 5.78 Å². The molecule has 0 aliphatic heterocycles. The van der Waals surface area contributed by atoms with Gasteiger partial charge in [-0.1, -0.05) is 44.2 Å². The topological polar surface area (TPSA) is 101 Å². The minimum atomic E-state index is -1.00. The normalized spacial score (nSPS) is 23.4. The van der Waals surface area contributed by atoms with E-state index in [1.807, 2.05) is 31.2 Å². The van der Waals surface area contributed by atoms with Crippen LogP contribution in [0.2, 0.25) is 0 Å². The monoisotopic (exact) mass is 434 g/mol. The first-order chi connectivity index (χ1) is 14.6. The molecule has 0 heterocycles. The summed E-state index contributed by atoms with van der Waals surface area (Å²) in [5.74, 6) is -1.85. The molecule has 4 atom stereocenters. The van der Waals surface area contributed by atoms with Crippen LogP contribution in [0.3, 0.4) is 0 Å². The van der Waals surface area contributed by atoms with Crippen molar-refractivity contribution < 1.29 is 29.3 Å². The lowest BCUT2D eigenvalue weighted by Gasteiger charge is -2.25. The molecule has 0 saturated heterocycles. The second-order valence-electron chi connectivity index (χ2n) is 8.42. The molecule has 0 aromatic rings. The van der Waals surface area contributed by atoms with Gasteiger partial charge < -0.3 is 14.9 Å². The van der Waals surface area contributed by atoms with Crippen molar-refractivity contribution in [3.8, 4) is 0 Å². The molecule has 6 heteroatoms. The lowest BCUT2D eigenvalue weighted by atomic mass is 9.87. The predicted molar refractivity (Wildman–Crippen MR) is 120 cm³/mol. The third kappa shape index (κ3) is 8.91. The van der Waals surface area contributed by atoms with E-state index in [-0.39, 0.29) is 37.1 Å². The number of allylic oxidation sites excluding steroid dienone is 2. The molecule has 0 spiro atoms. The Balaban J connectivity index is 2.53. The van der Waals surface area contributed by atoms with Crippen molar-refractivity contribution in [2.45, 2.75) is 83.8 Å². The van der Waals surface area contributed by atoms with Gasteiger partial charge in [0.15, 0.2) is 0 Å². The Hall–Kier alpha value is -2.05. The van der Waals surface area contributed by atoms with Gasteiger partial charge in [-0.15, -0.1) is 0 Å². The van der Waals surface area contributed by atoms with Crippen LogP contribution in [0.4, 0.5) is 0 Å². The summed E-state index contributed by atoms with van der Waals surface area (Å²) in [5.41, 5.74) is -0.222. The number of carbonyl (C=O) groups excluding carboxylic acids is 3. The van der Waals surface area contributed by atoms with E-state index in [1.165, 1.54) is 0 Å². The van der Waals surface area contributed by atoms with Gasteiger partial charge in [-0.2, -0.15) is 0 Å². The molecule has 2 N–H and O–H groups in total. The molecule has 174 valence electrons. The van der Waals surface area contributed by atoms with Crippen molar-refractivity contribution in [3.05, 3.63) is 36.5 Å². The van der Waals surface area contributed by atoms with E-state index in [1.54, 1.807) is 13.8 Å². The minimum absolute atomic E-state index is 0.0337. The summed E-state index contributed by atoms with van der Waals surface area (Å²) < 4.78 is 4.67. The van der Waals surface area contributed by atoms with Crippen molar-refractivity contribution in [3.63, 3.8) is 0 Å². The van der Waals surface area contributed by atoms with E-state index in [0.29, 0.717) is 25.7 Å². The number of unbranched alkanes of at least 4 members (excludes halogenated alkanes) is 1. The zero-order valence-corrected chi connectivity index (χ0v) is 19.1. The predicted octanol–water partition coefficient (Wildman–Crippen LogP) is 3.85. The van der Waals surface area contributed by atoms with Crippen LogP contribution in [0.5, 0.6) is 0 Å². The van der Waals surface area contributed by atoms with Gasteiger partial charge in [0, 0.05) is 24.7 Å². The second kappa shape index (κ2) is 13.4. The van der Waals surface area contributed by atoms with Crippen molar-refractivity contribution in [1.29, 1.82) is 0 Å². The van der Waals surface area contributed by atoms with Crippen LogP contribution in [0.15, 0.2) is 36.5 Å². The van der Waals surface area contributed by atoms with Crippen molar-refractivity contribution in [2.75, 3.05) is 6.61 Å². The number of ketones is 2. The maximum absolute atomic E-state index is 12.3. The van der Waals surface area contributed by atoms with Crippen LogP contribution in [-0.2, 0) is 19.1 Å². The molecule has 0 amide bonds. The molecule has 1 rings (SSSR count). The Bertz CT molecular complexity index is 688. The van der Waals surface area contributed by atoms with Crippen LogP contribution < -0.4 is 0 Å². The number of aliphatic hydroxyl groups is 2. The zero-order chi connectivity index (χ0) is 23.4. The molecular formula is C25H38O6. The molecule has 0 aromatic carbocycles. The summed E-state index contributed by atoms with van der Waals surface area (Å²) in [7, 11) is 0. The molecule has 1 aliphatic rings. The number of carbonyl (C=O) groups is 3. The van der Waals surface area contributed by atoms with E-state index < -0.39 is 23.5 Å². The highest BCUT2D eigenvalue weighted by Crippen LogP contribution is 2.34. The Morgan fingerprint density at radius 2 is 1.94 bits per heavy atom. The van der Waals surface area contributed by atoms with E-state index in [9.17, 15) is 24.6 Å². The zero-order valence-electron chi connectivity index (χ0n) is 19.1. The van der Waals surface area contributed by atoms with Crippen molar-refractivity contribution in [2.24, 2.45) is 11.8 Å². The summed E-state index contributed by atoms with van der Waals surface area (Å²) in [4.78, 5) is 35.1. The number of hydrogen-bond donors (Lipinski definition) is 2. The van der Waals surface area contributed by atoms with Gasteiger partial charge in [0.05, 0.1) is 18.3 Å². The van der Waals surface area contributed by atoms with E-state index in [0.717, 1.165) is 18.4 Å². The molecule has 0 bridgehead atoms. The maximum Gasteiger partial charge on any atom is 0.374 e.